The van der Waals surface area contributed by atoms with Gasteiger partial charge in [-0.05, 0) is 99.6 Å². The number of unbranched alkanes of at least 4 members (excludes halogenated alkanes) is 6. The zero-order valence-corrected chi connectivity index (χ0v) is 35.2. The topological polar surface area (TPSA) is 83.8 Å². The Morgan fingerprint density at radius 3 is 1.89 bits per heavy atom. The minimum atomic E-state index is -1.20. The van der Waals surface area contributed by atoms with Gasteiger partial charge in [0, 0.05) is 39.7 Å². The minimum Gasteiger partial charge on any atom is -0.474 e. The molecule has 0 saturated carbocycles. The molecule has 0 radical (unpaired) electrons. The summed E-state index contributed by atoms with van der Waals surface area (Å²) in [5.41, 5.74) is 5.15. The Balaban J connectivity index is 1.77. The van der Waals surface area contributed by atoms with Crippen molar-refractivity contribution in [3.8, 4) is 18.2 Å². The lowest BCUT2D eigenvalue weighted by Gasteiger charge is -2.27. The summed E-state index contributed by atoms with van der Waals surface area (Å²) in [7, 11) is 0. The first-order chi connectivity index (χ1) is 26.7. The Bertz CT molecular complexity index is 2050. The van der Waals surface area contributed by atoms with Gasteiger partial charge in [0.25, 0.3) is 0 Å². The highest BCUT2D eigenvalue weighted by molar-refractivity contribution is 7.14. The van der Waals surface area contributed by atoms with Crippen LogP contribution in [-0.2, 0) is 23.2 Å². The van der Waals surface area contributed by atoms with Crippen LogP contribution in [0.1, 0.15) is 118 Å². The van der Waals surface area contributed by atoms with E-state index in [1.54, 1.807) is 25.1 Å². The van der Waals surface area contributed by atoms with Gasteiger partial charge < -0.3 is 9.64 Å². The van der Waals surface area contributed by atoms with Crippen LogP contribution < -0.4 is 4.90 Å². The molecule has 286 valence electrons. The van der Waals surface area contributed by atoms with Crippen LogP contribution in [0.3, 0.4) is 0 Å². The maximum atomic E-state index is 10.3. The van der Waals surface area contributed by atoms with Crippen molar-refractivity contribution in [1.29, 1.82) is 15.8 Å². The molecule has 0 spiro atoms. The van der Waals surface area contributed by atoms with E-state index in [1.807, 2.05) is 41.7 Å². The molecule has 1 atom stereocenters. The molecule has 1 unspecified atom stereocenters. The molecule has 4 rings (SSSR count). The van der Waals surface area contributed by atoms with E-state index < -0.39 is 5.60 Å². The van der Waals surface area contributed by atoms with Gasteiger partial charge in [0.1, 0.15) is 23.8 Å². The second-order valence-corrected chi connectivity index (χ2v) is 15.7. The molecule has 1 aromatic heterocycles. The van der Waals surface area contributed by atoms with Gasteiger partial charge >= 0.3 is 0 Å². The van der Waals surface area contributed by atoms with Crippen molar-refractivity contribution in [3.05, 3.63) is 125 Å². The van der Waals surface area contributed by atoms with Crippen molar-refractivity contribution < 1.29 is 4.74 Å². The molecule has 0 aliphatic carbocycles. The molecular formula is C47H52Cl2N4OS. The number of rotatable bonds is 19. The van der Waals surface area contributed by atoms with Crippen molar-refractivity contribution in [2.24, 2.45) is 0 Å². The number of allylic oxidation sites excluding steroid dienone is 4. The van der Waals surface area contributed by atoms with Crippen LogP contribution in [-0.4, -0.2) is 13.1 Å². The van der Waals surface area contributed by atoms with E-state index in [0.29, 0.717) is 21.2 Å². The Morgan fingerprint density at radius 2 is 1.35 bits per heavy atom. The number of hydrogen-bond donors (Lipinski definition) is 0. The quantitative estimate of drug-likeness (QED) is 0.0686. The third-order valence-electron chi connectivity index (χ3n) is 10.2. The smallest absolute Gasteiger partial charge is 0.172 e. The van der Waals surface area contributed by atoms with E-state index in [2.05, 4.69) is 81.2 Å². The van der Waals surface area contributed by atoms with E-state index in [9.17, 15) is 15.8 Å². The van der Waals surface area contributed by atoms with E-state index in [1.165, 1.54) is 70.7 Å². The number of anilines is 1. The first kappa shape index (κ1) is 43.2. The van der Waals surface area contributed by atoms with Crippen LogP contribution in [0.5, 0.6) is 0 Å². The van der Waals surface area contributed by atoms with Gasteiger partial charge in [0.05, 0.1) is 10.0 Å². The number of nitrogens with zero attached hydrogens (tertiary/aromatic N) is 4. The maximum absolute atomic E-state index is 10.3. The molecule has 0 saturated heterocycles. The normalized spacial score (nSPS) is 15.5. The van der Waals surface area contributed by atoms with Gasteiger partial charge in [-0.25, -0.2) is 0 Å². The Hall–Kier alpha value is -4.51. The largest absolute Gasteiger partial charge is 0.474 e. The fourth-order valence-corrected chi connectivity index (χ4v) is 8.51. The predicted octanol–water partition coefficient (Wildman–Crippen LogP) is 14.0. The van der Waals surface area contributed by atoms with Crippen LogP contribution in [0.2, 0.25) is 10.0 Å². The average molecular weight is 792 g/mol. The molecule has 3 aromatic rings. The van der Waals surface area contributed by atoms with Crippen molar-refractivity contribution in [3.63, 3.8) is 0 Å². The second kappa shape index (κ2) is 21.5. The number of hydrogen-bond acceptors (Lipinski definition) is 6. The number of halogens is 2. The molecular weight excluding hydrogens is 740 g/mol. The molecule has 0 N–H and O–H groups in total. The zero-order chi connectivity index (χ0) is 39.8. The van der Waals surface area contributed by atoms with Gasteiger partial charge in [-0.1, -0.05) is 118 Å². The summed E-state index contributed by atoms with van der Waals surface area (Å²) in [6.45, 7) is 12.6. The number of ether oxygens (including phenoxy) is 1. The summed E-state index contributed by atoms with van der Waals surface area (Å²) >= 11 is 14.5. The molecule has 0 amide bonds. The molecule has 55 heavy (non-hydrogen) atoms. The Labute approximate surface area is 343 Å². The molecule has 8 heteroatoms. The van der Waals surface area contributed by atoms with E-state index in [-0.39, 0.29) is 16.9 Å². The van der Waals surface area contributed by atoms with Crippen molar-refractivity contribution >= 4 is 58.5 Å². The van der Waals surface area contributed by atoms with Gasteiger partial charge in [-0.3, -0.25) is 0 Å². The van der Waals surface area contributed by atoms with Crippen LogP contribution in [0, 0.1) is 34.0 Å². The highest BCUT2D eigenvalue weighted by atomic mass is 35.5. The fraction of sp³-hybridized carbons (Fsp3) is 0.383. The third-order valence-corrected chi connectivity index (χ3v) is 12.1. The SMILES string of the molecule is CCCCCCc1c(/C=C/C=C/C2=C(C#N)C(=C(C#N)C#N)OC2(C)c2ccc(Cl)c(Cl)c2)sc(/C=C/c2ccc(N(CC)CC)cc2)c1CCCCCC. The summed E-state index contributed by atoms with van der Waals surface area (Å²) in [4.78, 5) is 4.90. The number of nitriles is 3. The highest BCUT2D eigenvalue weighted by Gasteiger charge is 2.44. The molecule has 5 nitrogen and oxygen atoms in total. The molecule has 1 aliphatic rings. The first-order valence-electron chi connectivity index (χ1n) is 19.6. The third kappa shape index (κ3) is 10.8. The lowest BCUT2D eigenvalue weighted by Crippen LogP contribution is -2.23. The lowest BCUT2D eigenvalue weighted by molar-refractivity contribution is 0.0755. The van der Waals surface area contributed by atoms with Crippen molar-refractivity contribution in [2.45, 2.75) is 104 Å². The number of thiophene rings is 1. The highest BCUT2D eigenvalue weighted by Crippen LogP contribution is 2.48. The molecule has 1 aliphatic heterocycles. The second-order valence-electron chi connectivity index (χ2n) is 13.8. The van der Waals surface area contributed by atoms with Crippen LogP contribution in [0.15, 0.2) is 83.2 Å². The summed E-state index contributed by atoms with van der Waals surface area (Å²) < 4.78 is 6.31. The molecule has 2 heterocycles. The first-order valence-corrected chi connectivity index (χ1v) is 21.1. The monoisotopic (exact) mass is 790 g/mol. The predicted molar refractivity (Wildman–Crippen MR) is 233 cm³/mol. The van der Waals surface area contributed by atoms with E-state index >= 15 is 0 Å². The Kier molecular flexibility index (Phi) is 16.9. The van der Waals surface area contributed by atoms with Gasteiger partial charge in [-0.2, -0.15) is 15.8 Å². The average Bonchev–Trinajstić information content (AvgIpc) is 3.68. The number of benzene rings is 2. The van der Waals surface area contributed by atoms with Crippen LogP contribution >= 0.6 is 34.5 Å². The lowest BCUT2D eigenvalue weighted by atomic mass is 9.86. The van der Waals surface area contributed by atoms with Gasteiger partial charge in [-0.15, -0.1) is 11.3 Å². The van der Waals surface area contributed by atoms with E-state index in [0.717, 1.165) is 38.8 Å². The summed E-state index contributed by atoms with van der Waals surface area (Å²) in [6, 6.07) is 19.9. The summed E-state index contributed by atoms with van der Waals surface area (Å²) in [5.74, 6) is -0.0378. The van der Waals surface area contributed by atoms with E-state index in [4.69, 9.17) is 27.9 Å². The maximum Gasteiger partial charge on any atom is 0.172 e. The van der Waals surface area contributed by atoms with Crippen molar-refractivity contribution in [2.75, 3.05) is 18.0 Å². The van der Waals surface area contributed by atoms with Gasteiger partial charge in [0.15, 0.2) is 16.9 Å². The van der Waals surface area contributed by atoms with Crippen molar-refractivity contribution in [1.82, 2.24) is 0 Å². The molecule has 0 bridgehead atoms. The fourth-order valence-electron chi connectivity index (χ4n) is 7.00. The molecule has 0 fully saturated rings. The standard InChI is InChI=1S/C47H52Cl2N4OS/c1-6-10-12-14-18-38-39(19-15-13-11-7-2)45(29-24-34-22-26-37(27-23-34)53(8-3)9-4)55-44(38)21-17-16-20-41-40(33-52)46(35(31-50)32-51)54-47(41,5)36-25-28-42(48)43(49)30-36/h16-17,20-30H,6-15,18-19H2,1-5H3/b20-16+,21-17+,29-24+. The minimum absolute atomic E-state index is 0.0378. The zero-order valence-electron chi connectivity index (χ0n) is 32.9. The van der Waals surface area contributed by atoms with Gasteiger partial charge in [0.2, 0.25) is 0 Å². The summed E-state index contributed by atoms with van der Waals surface area (Å²) in [5, 5.41) is 30.4. The molecule has 2 aromatic carbocycles. The van der Waals surface area contributed by atoms with Crippen LogP contribution in [0.25, 0.3) is 18.2 Å². The Morgan fingerprint density at radius 1 is 0.745 bits per heavy atom. The summed E-state index contributed by atoms with van der Waals surface area (Å²) in [6.07, 6.45) is 24.1. The van der Waals surface area contributed by atoms with Crippen LogP contribution in [0.4, 0.5) is 5.69 Å².